The van der Waals surface area contributed by atoms with Gasteiger partial charge in [0.25, 0.3) is 5.19 Å². The van der Waals surface area contributed by atoms with Crippen molar-refractivity contribution in [2.75, 3.05) is 13.1 Å². The van der Waals surface area contributed by atoms with E-state index in [1.54, 1.807) is 11.3 Å². The summed E-state index contributed by atoms with van der Waals surface area (Å²) in [6.45, 7) is 7.76. The van der Waals surface area contributed by atoms with Gasteiger partial charge in [-0.2, -0.15) is 0 Å². The van der Waals surface area contributed by atoms with E-state index in [9.17, 15) is 4.79 Å². The highest BCUT2D eigenvalue weighted by Gasteiger charge is 2.25. The number of rotatable bonds is 4. The lowest BCUT2D eigenvalue weighted by molar-refractivity contribution is -0.132. The van der Waals surface area contributed by atoms with E-state index < -0.39 is 0 Å². The molecule has 0 aliphatic carbocycles. The van der Waals surface area contributed by atoms with E-state index in [1.165, 1.54) is 16.7 Å². The molecule has 0 radical (unpaired) electrons. The number of aryl methyl sites for hydroxylation is 3. The van der Waals surface area contributed by atoms with Crippen molar-refractivity contribution in [2.45, 2.75) is 46.1 Å². The van der Waals surface area contributed by atoms with Crippen LogP contribution in [0.5, 0.6) is 5.19 Å². The summed E-state index contributed by atoms with van der Waals surface area (Å²) in [6, 6.07) is 12.5. The van der Waals surface area contributed by atoms with Gasteiger partial charge in [-0.25, -0.2) is 4.98 Å². The van der Waals surface area contributed by atoms with E-state index in [1.807, 2.05) is 4.90 Å². The fourth-order valence-corrected chi connectivity index (χ4v) is 4.64. The average molecular weight is 395 g/mol. The Morgan fingerprint density at radius 2 is 1.89 bits per heavy atom. The Labute approximate surface area is 170 Å². The number of ether oxygens (including phenoxy) is 1. The van der Waals surface area contributed by atoms with E-state index in [4.69, 9.17) is 4.74 Å². The van der Waals surface area contributed by atoms with Crippen LogP contribution in [-0.2, 0) is 11.2 Å². The standard InChI is InChI=1S/C23H26N2O2S/c1-15-7-8-18(13-17(15)3)14-21(26)25-11-9-19(10-12-25)27-23-24-22-16(2)5-4-6-20(22)28-23/h4-8,13,19H,9-12,14H2,1-3H3. The highest BCUT2D eigenvalue weighted by molar-refractivity contribution is 7.20. The molecule has 1 saturated heterocycles. The van der Waals surface area contributed by atoms with Gasteiger partial charge in [0.05, 0.1) is 16.6 Å². The Hall–Kier alpha value is -2.40. The second-order valence-electron chi connectivity index (χ2n) is 7.69. The van der Waals surface area contributed by atoms with E-state index in [2.05, 4.69) is 62.2 Å². The molecule has 0 atom stereocenters. The molecule has 0 bridgehead atoms. The van der Waals surface area contributed by atoms with Crippen LogP contribution >= 0.6 is 11.3 Å². The van der Waals surface area contributed by atoms with E-state index in [0.717, 1.165) is 46.9 Å². The predicted octanol–water partition coefficient (Wildman–Crippen LogP) is 4.83. The van der Waals surface area contributed by atoms with Crippen LogP contribution in [0.1, 0.15) is 35.1 Å². The van der Waals surface area contributed by atoms with Gasteiger partial charge in [-0.1, -0.05) is 41.7 Å². The SMILES string of the molecule is Cc1ccc(CC(=O)N2CCC(Oc3nc4c(C)cccc4s3)CC2)cc1C. The molecular weight excluding hydrogens is 368 g/mol. The molecule has 5 heteroatoms. The topological polar surface area (TPSA) is 42.4 Å². The molecule has 2 aromatic carbocycles. The maximum atomic E-state index is 12.7. The van der Waals surface area contributed by atoms with Gasteiger partial charge >= 0.3 is 0 Å². The second-order valence-corrected chi connectivity index (χ2v) is 8.69. The fourth-order valence-electron chi connectivity index (χ4n) is 3.68. The van der Waals surface area contributed by atoms with Crippen LogP contribution in [0.4, 0.5) is 0 Å². The maximum absolute atomic E-state index is 12.7. The molecule has 28 heavy (non-hydrogen) atoms. The van der Waals surface area contributed by atoms with E-state index in [-0.39, 0.29) is 12.0 Å². The Kier molecular flexibility index (Phi) is 5.36. The minimum atomic E-state index is 0.131. The lowest BCUT2D eigenvalue weighted by Crippen LogP contribution is -2.42. The van der Waals surface area contributed by atoms with Gasteiger partial charge in [0.2, 0.25) is 5.91 Å². The summed E-state index contributed by atoms with van der Waals surface area (Å²) in [6.07, 6.45) is 2.32. The summed E-state index contributed by atoms with van der Waals surface area (Å²) in [5, 5.41) is 0.740. The third kappa shape index (κ3) is 4.04. The lowest BCUT2D eigenvalue weighted by Gasteiger charge is -2.31. The van der Waals surface area contributed by atoms with Crippen LogP contribution < -0.4 is 4.74 Å². The van der Waals surface area contributed by atoms with Gasteiger partial charge in [0.15, 0.2) is 0 Å². The molecule has 1 fully saturated rings. The summed E-state index contributed by atoms with van der Waals surface area (Å²) in [5.41, 5.74) is 5.80. The number of thiazole rings is 1. The predicted molar refractivity (Wildman–Crippen MR) is 114 cm³/mol. The van der Waals surface area contributed by atoms with Crippen molar-refractivity contribution in [3.63, 3.8) is 0 Å². The molecule has 4 nitrogen and oxygen atoms in total. The largest absolute Gasteiger partial charge is 0.467 e. The fraction of sp³-hybridized carbons (Fsp3) is 0.391. The van der Waals surface area contributed by atoms with Crippen LogP contribution in [0.15, 0.2) is 36.4 Å². The number of aromatic nitrogens is 1. The van der Waals surface area contributed by atoms with Crippen molar-refractivity contribution in [3.8, 4) is 5.19 Å². The molecule has 1 aromatic heterocycles. The molecule has 0 unspecified atom stereocenters. The van der Waals surface area contributed by atoms with Crippen molar-refractivity contribution in [3.05, 3.63) is 58.7 Å². The number of carbonyl (C=O) groups is 1. The van der Waals surface area contributed by atoms with Crippen molar-refractivity contribution in [1.82, 2.24) is 9.88 Å². The minimum absolute atomic E-state index is 0.131. The number of hydrogen-bond acceptors (Lipinski definition) is 4. The van der Waals surface area contributed by atoms with Crippen molar-refractivity contribution in [1.29, 1.82) is 0 Å². The first kappa shape index (κ1) is 18.9. The third-order valence-electron chi connectivity index (χ3n) is 5.59. The molecule has 4 rings (SSSR count). The maximum Gasteiger partial charge on any atom is 0.274 e. The smallest absolute Gasteiger partial charge is 0.274 e. The third-order valence-corrected chi connectivity index (χ3v) is 6.50. The van der Waals surface area contributed by atoms with Crippen LogP contribution in [0, 0.1) is 20.8 Å². The Bertz CT molecular complexity index is 1000. The first-order chi connectivity index (χ1) is 13.5. The molecule has 0 spiro atoms. The molecule has 1 amide bonds. The van der Waals surface area contributed by atoms with Crippen LogP contribution in [-0.4, -0.2) is 35.0 Å². The van der Waals surface area contributed by atoms with Gasteiger partial charge in [-0.05, 0) is 49.1 Å². The molecule has 0 N–H and O–H groups in total. The summed E-state index contributed by atoms with van der Waals surface area (Å²) in [4.78, 5) is 19.3. The number of piperidine rings is 1. The van der Waals surface area contributed by atoms with Crippen LogP contribution in [0.25, 0.3) is 10.2 Å². The quantitative estimate of drug-likeness (QED) is 0.636. The zero-order valence-corrected chi connectivity index (χ0v) is 17.5. The number of nitrogens with zero attached hydrogens (tertiary/aromatic N) is 2. The summed E-state index contributed by atoms with van der Waals surface area (Å²) in [7, 11) is 0. The van der Waals surface area contributed by atoms with Gasteiger partial charge in [0, 0.05) is 25.9 Å². The normalized spacial score (nSPS) is 15.2. The first-order valence-corrected chi connectivity index (χ1v) is 10.7. The van der Waals surface area contributed by atoms with Crippen LogP contribution in [0.2, 0.25) is 0 Å². The number of likely N-dealkylation sites (tertiary alicyclic amines) is 1. The number of hydrogen-bond donors (Lipinski definition) is 0. The van der Waals surface area contributed by atoms with E-state index >= 15 is 0 Å². The van der Waals surface area contributed by atoms with E-state index in [0.29, 0.717) is 6.42 Å². The number of amides is 1. The number of para-hydroxylation sites is 1. The zero-order chi connectivity index (χ0) is 19.7. The first-order valence-electron chi connectivity index (χ1n) is 9.86. The van der Waals surface area contributed by atoms with Gasteiger partial charge in [-0.3, -0.25) is 4.79 Å². The molecule has 1 aliphatic rings. The lowest BCUT2D eigenvalue weighted by atomic mass is 10.0. The summed E-state index contributed by atoms with van der Waals surface area (Å²) < 4.78 is 7.30. The molecule has 3 aromatic rings. The zero-order valence-electron chi connectivity index (χ0n) is 16.7. The van der Waals surface area contributed by atoms with Crippen molar-refractivity contribution >= 4 is 27.5 Å². The van der Waals surface area contributed by atoms with Gasteiger partial charge in [0.1, 0.15) is 6.10 Å². The molecule has 146 valence electrons. The average Bonchev–Trinajstić information content (AvgIpc) is 3.09. The highest BCUT2D eigenvalue weighted by Crippen LogP contribution is 2.31. The molecule has 2 heterocycles. The Morgan fingerprint density at radius 1 is 1.11 bits per heavy atom. The monoisotopic (exact) mass is 394 g/mol. The summed E-state index contributed by atoms with van der Waals surface area (Å²) in [5.74, 6) is 0.206. The molecule has 1 aliphatic heterocycles. The molecule has 0 saturated carbocycles. The Morgan fingerprint density at radius 3 is 2.61 bits per heavy atom. The number of carbonyl (C=O) groups excluding carboxylic acids is 1. The van der Waals surface area contributed by atoms with Crippen molar-refractivity contribution < 1.29 is 9.53 Å². The Balaban J connectivity index is 1.32. The van der Waals surface area contributed by atoms with Crippen LogP contribution in [0.3, 0.4) is 0 Å². The van der Waals surface area contributed by atoms with Crippen molar-refractivity contribution in [2.24, 2.45) is 0 Å². The number of benzene rings is 2. The number of fused-ring (bicyclic) bond motifs is 1. The molecular formula is C23H26N2O2S. The second kappa shape index (κ2) is 7.92. The van der Waals surface area contributed by atoms with Gasteiger partial charge in [-0.15, -0.1) is 0 Å². The van der Waals surface area contributed by atoms with Gasteiger partial charge < -0.3 is 9.64 Å². The summed E-state index contributed by atoms with van der Waals surface area (Å²) >= 11 is 1.60. The minimum Gasteiger partial charge on any atom is -0.467 e. The highest BCUT2D eigenvalue weighted by atomic mass is 32.1.